The smallest absolute Gasteiger partial charge is 0.406 e. The number of benzene rings is 2. The largest absolute Gasteiger partial charge is 0.573 e. The van der Waals surface area contributed by atoms with Crippen LogP contribution in [0.25, 0.3) is 11.2 Å². The predicted molar refractivity (Wildman–Crippen MR) is 134 cm³/mol. The monoisotopic (exact) mass is 586 g/mol. The summed E-state index contributed by atoms with van der Waals surface area (Å²) in [6, 6.07) is 9.48. The number of aliphatic hydroxyl groups excluding tert-OH is 1. The summed E-state index contributed by atoms with van der Waals surface area (Å²) in [7, 11) is 1.36. The molecule has 15 heteroatoms. The third-order valence-corrected chi connectivity index (χ3v) is 6.10. The first kappa shape index (κ1) is 29.9. The summed E-state index contributed by atoms with van der Waals surface area (Å²) in [5.41, 5.74) is -2.11. The van der Waals surface area contributed by atoms with E-state index in [1.807, 2.05) is 0 Å². The average Bonchev–Trinajstić information content (AvgIpc) is 3.23. The van der Waals surface area contributed by atoms with Crippen molar-refractivity contribution in [3.05, 3.63) is 91.9 Å². The molecule has 0 aliphatic rings. The number of hydrogen-bond donors (Lipinski definition) is 1. The minimum Gasteiger partial charge on any atom is -0.406 e. The van der Waals surface area contributed by atoms with E-state index in [1.54, 1.807) is 0 Å². The van der Waals surface area contributed by atoms with E-state index >= 15 is 0 Å². The van der Waals surface area contributed by atoms with Crippen LogP contribution in [0.2, 0.25) is 0 Å². The van der Waals surface area contributed by atoms with E-state index in [9.17, 15) is 35.9 Å². The Morgan fingerprint density at radius 1 is 0.927 bits per heavy atom. The quantitative estimate of drug-likeness (QED) is 0.226. The van der Waals surface area contributed by atoms with Gasteiger partial charge in [-0.05, 0) is 35.4 Å². The summed E-state index contributed by atoms with van der Waals surface area (Å²) in [6.07, 6.45) is -9.70. The molecule has 0 amide bonds. The van der Waals surface area contributed by atoms with Gasteiger partial charge in [0.25, 0.3) is 5.56 Å². The first-order valence-electron chi connectivity index (χ1n) is 12.2. The van der Waals surface area contributed by atoms with Crippen LogP contribution in [-0.2, 0) is 37.5 Å². The van der Waals surface area contributed by atoms with Crippen molar-refractivity contribution >= 4 is 11.2 Å². The van der Waals surface area contributed by atoms with Crippen LogP contribution in [0.3, 0.4) is 0 Å². The van der Waals surface area contributed by atoms with Crippen molar-refractivity contribution in [2.75, 3.05) is 19.8 Å². The van der Waals surface area contributed by atoms with Gasteiger partial charge in [0.05, 0.1) is 31.9 Å². The summed E-state index contributed by atoms with van der Waals surface area (Å²) < 4.78 is 90.8. The molecule has 220 valence electrons. The molecule has 4 aromatic rings. The molecule has 2 aromatic heterocycles. The van der Waals surface area contributed by atoms with Crippen molar-refractivity contribution < 1.29 is 40.9 Å². The van der Waals surface area contributed by atoms with E-state index in [0.717, 1.165) is 33.4 Å². The van der Waals surface area contributed by atoms with Crippen molar-refractivity contribution in [2.45, 2.75) is 32.0 Å². The fourth-order valence-corrected chi connectivity index (χ4v) is 4.31. The minimum atomic E-state index is -4.93. The Kier molecular flexibility index (Phi) is 8.58. The third kappa shape index (κ3) is 6.97. The molecule has 0 aliphatic heterocycles. The first-order valence-corrected chi connectivity index (χ1v) is 12.2. The zero-order valence-corrected chi connectivity index (χ0v) is 21.5. The molecule has 0 bridgehead atoms. The molecule has 0 saturated heterocycles. The number of halogens is 6. The zero-order chi connectivity index (χ0) is 29.9. The second-order valence-corrected chi connectivity index (χ2v) is 8.99. The molecule has 2 aromatic carbocycles. The van der Waals surface area contributed by atoms with Gasteiger partial charge in [-0.25, -0.2) is 9.78 Å². The summed E-state index contributed by atoms with van der Waals surface area (Å²) in [5.74, 6) is -0.379. The summed E-state index contributed by atoms with van der Waals surface area (Å²) in [4.78, 5) is 30.9. The van der Waals surface area contributed by atoms with Crippen molar-refractivity contribution in [3.8, 4) is 5.75 Å². The van der Waals surface area contributed by atoms with Crippen LogP contribution in [0.5, 0.6) is 5.75 Å². The van der Waals surface area contributed by atoms with Crippen molar-refractivity contribution in [2.24, 2.45) is 7.05 Å². The highest BCUT2D eigenvalue weighted by Gasteiger charge is 2.32. The number of imidazole rings is 1. The zero-order valence-electron chi connectivity index (χ0n) is 21.5. The molecular formula is C26H24F6N4O5. The Hall–Kier alpha value is -4.11. The van der Waals surface area contributed by atoms with E-state index in [4.69, 9.17) is 9.84 Å². The van der Waals surface area contributed by atoms with Gasteiger partial charge < -0.3 is 19.1 Å². The fraction of sp³-hybridized carbons (Fsp3) is 0.346. The van der Waals surface area contributed by atoms with Crippen LogP contribution in [0, 0.1) is 0 Å². The number of alkyl halides is 6. The van der Waals surface area contributed by atoms with Gasteiger partial charge in [-0.1, -0.05) is 24.3 Å². The van der Waals surface area contributed by atoms with Crippen molar-refractivity contribution in [3.63, 3.8) is 0 Å². The molecule has 0 saturated carbocycles. The molecule has 0 atom stereocenters. The van der Waals surface area contributed by atoms with Crippen molar-refractivity contribution in [1.29, 1.82) is 0 Å². The molecule has 0 unspecified atom stereocenters. The number of ether oxygens (including phenoxy) is 2. The van der Waals surface area contributed by atoms with E-state index in [2.05, 4.69) is 9.72 Å². The SMILES string of the molecule is Cn1c(=O)n(CCOCCO)c(=O)c2c1nc(Cc1cccc(OC(F)(F)F)c1)n2Cc1cccc(C(F)(F)F)c1. The number of aryl methyl sites for hydroxylation is 1. The number of rotatable bonds is 10. The van der Waals surface area contributed by atoms with Crippen LogP contribution >= 0.6 is 0 Å². The van der Waals surface area contributed by atoms with Gasteiger partial charge >= 0.3 is 18.2 Å². The molecule has 41 heavy (non-hydrogen) atoms. The second-order valence-electron chi connectivity index (χ2n) is 8.99. The number of aliphatic hydroxyl groups is 1. The Morgan fingerprint density at radius 2 is 1.63 bits per heavy atom. The molecular weight excluding hydrogens is 562 g/mol. The maximum atomic E-state index is 13.5. The second kappa shape index (κ2) is 11.8. The molecule has 4 rings (SSSR count). The highest BCUT2D eigenvalue weighted by atomic mass is 19.4. The molecule has 0 fully saturated rings. The number of fused-ring (bicyclic) bond motifs is 1. The lowest BCUT2D eigenvalue weighted by molar-refractivity contribution is -0.274. The summed E-state index contributed by atoms with van der Waals surface area (Å²) >= 11 is 0. The van der Waals surface area contributed by atoms with Crippen LogP contribution in [0.15, 0.2) is 58.1 Å². The van der Waals surface area contributed by atoms with Crippen LogP contribution in [-0.4, -0.2) is 50.0 Å². The van der Waals surface area contributed by atoms with Gasteiger partial charge in [0.1, 0.15) is 11.6 Å². The molecule has 1 N–H and O–H groups in total. The topological polar surface area (TPSA) is 101 Å². The van der Waals surface area contributed by atoms with Crippen LogP contribution in [0.4, 0.5) is 26.3 Å². The van der Waals surface area contributed by atoms with Gasteiger partial charge in [-0.3, -0.25) is 13.9 Å². The van der Waals surface area contributed by atoms with E-state index < -0.39 is 35.1 Å². The molecule has 0 aliphatic carbocycles. The maximum Gasteiger partial charge on any atom is 0.573 e. The fourth-order valence-electron chi connectivity index (χ4n) is 4.31. The Morgan fingerprint density at radius 3 is 2.32 bits per heavy atom. The lowest BCUT2D eigenvalue weighted by Crippen LogP contribution is -2.40. The maximum absolute atomic E-state index is 13.5. The molecule has 2 heterocycles. The summed E-state index contributed by atoms with van der Waals surface area (Å²) in [5, 5.41) is 8.90. The Balaban J connectivity index is 1.86. The highest BCUT2D eigenvalue weighted by Crippen LogP contribution is 2.30. The van der Waals surface area contributed by atoms with E-state index in [0.29, 0.717) is 5.56 Å². The Bertz CT molecular complexity index is 1660. The van der Waals surface area contributed by atoms with Gasteiger partial charge in [0.15, 0.2) is 11.2 Å². The van der Waals surface area contributed by atoms with Gasteiger partial charge in [-0.15, -0.1) is 13.2 Å². The van der Waals surface area contributed by atoms with Crippen LogP contribution in [0.1, 0.15) is 22.5 Å². The lowest BCUT2D eigenvalue weighted by atomic mass is 10.1. The lowest BCUT2D eigenvalue weighted by Gasteiger charge is -2.13. The van der Waals surface area contributed by atoms with E-state index in [1.165, 1.54) is 35.9 Å². The number of hydrogen-bond acceptors (Lipinski definition) is 6. The van der Waals surface area contributed by atoms with Gasteiger partial charge in [0, 0.05) is 20.0 Å². The van der Waals surface area contributed by atoms with Gasteiger partial charge in [0.2, 0.25) is 0 Å². The first-order chi connectivity index (χ1) is 19.3. The van der Waals surface area contributed by atoms with Gasteiger partial charge in [-0.2, -0.15) is 13.2 Å². The molecule has 9 nitrogen and oxygen atoms in total. The predicted octanol–water partition coefficient (Wildman–Crippen LogP) is 3.46. The summed E-state index contributed by atoms with van der Waals surface area (Å²) in [6.45, 7) is -0.812. The average molecular weight is 586 g/mol. The minimum absolute atomic E-state index is 0.0218. The standard InChI is InChI=1S/C26H24F6N4O5/c1-34-22-21(23(38)35(24(34)39)8-10-40-11-9-37)36(15-17-5-2-6-18(12-17)25(27,28)29)20(33-22)14-16-4-3-7-19(13-16)41-26(30,31)32/h2-7,12-13,37H,8-11,14-15H2,1H3. The normalized spacial score (nSPS) is 12.3. The number of aromatic nitrogens is 4. The molecule has 0 radical (unpaired) electrons. The Labute approximate surface area is 227 Å². The van der Waals surface area contributed by atoms with Crippen LogP contribution < -0.4 is 16.0 Å². The van der Waals surface area contributed by atoms with Crippen molar-refractivity contribution in [1.82, 2.24) is 18.7 Å². The van der Waals surface area contributed by atoms with E-state index in [-0.39, 0.29) is 61.9 Å². The highest BCUT2D eigenvalue weighted by molar-refractivity contribution is 5.71. The number of nitrogens with zero attached hydrogens (tertiary/aromatic N) is 4. The third-order valence-electron chi connectivity index (χ3n) is 6.10. The molecule has 0 spiro atoms.